The number of hydrogen-bond acceptors (Lipinski definition) is 4. The molecule has 6 heteroatoms. The summed E-state index contributed by atoms with van der Waals surface area (Å²) in [5, 5.41) is 3.41. The van der Waals surface area contributed by atoms with E-state index >= 15 is 0 Å². The molecule has 1 aliphatic carbocycles. The molecule has 0 radical (unpaired) electrons. The van der Waals surface area contributed by atoms with Gasteiger partial charge in [-0.05, 0) is 43.7 Å². The molecule has 1 saturated carbocycles. The minimum Gasteiger partial charge on any atom is -0.310 e. The molecule has 0 aromatic heterocycles. The fraction of sp³-hybridized carbons (Fsp3) is 0.571. The second-order valence-corrected chi connectivity index (χ2v) is 7.90. The predicted molar refractivity (Wildman–Crippen MR) is 84.5 cm³/mol. The van der Waals surface area contributed by atoms with E-state index in [9.17, 15) is 8.42 Å². The average Bonchev–Trinajstić information content (AvgIpc) is 3.20. The van der Waals surface area contributed by atoms with Gasteiger partial charge >= 0.3 is 0 Å². The van der Waals surface area contributed by atoms with E-state index in [0.717, 1.165) is 17.9 Å². The van der Waals surface area contributed by atoms with Crippen LogP contribution in [0, 0.1) is 0 Å². The molecule has 1 fully saturated rings. The lowest BCUT2D eigenvalue weighted by atomic mass is 10.2. The number of benzene rings is 1. The maximum atomic E-state index is 12.2. The number of hydrogen-bond donors (Lipinski definition) is 2. The van der Waals surface area contributed by atoms with Gasteiger partial charge < -0.3 is 5.32 Å². The van der Waals surface area contributed by atoms with Crippen LogP contribution in [0.1, 0.15) is 25.3 Å². The van der Waals surface area contributed by atoms with E-state index in [1.165, 1.54) is 12.8 Å². The number of thioether (sulfide) groups is 1. The summed E-state index contributed by atoms with van der Waals surface area (Å²) in [7, 11) is -3.40. The summed E-state index contributed by atoms with van der Waals surface area (Å²) in [6.45, 7) is 2.68. The molecule has 2 N–H and O–H groups in total. The molecule has 4 nitrogen and oxygen atoms in total. The van der Waals surface area contributed by atoms with Crippen molar-refractivity contribution in [2.75, 3.05) is 12.0 Å². The zero-order valence-electron chi connectivity index (χ0n) is 11.9. The van der Waals surface area contributed by atoms with Crippen LogP contribution < -0.4 is 10.0 Å². The standard InChI is InChI=1S/C14H22N2O2S2/c1-11(10-19-2)16-20(17,18)14-7-3-12(4-8-14)9-15-13-5-6-13/h3-4,7-8,11,13,15-16H,5-6,9-10H2,1-2H3. The van der Waals surface area contributed by atoms with Crippen molar-refractivity contribution in [3.8, 4) is 0 Å². The van der Waals surface area contributed by atoms with Crippen LogP contribution in [-0.4, -0.2) is 32.5 Å². The lowest BCUT2D eigenvalue weighted by Crippen LogP contribution is -2.34. The Bertz CT molecular complexity index is 525. The molecule has 0 amide bonds. The average molecular weight is 314 g/mol. The Morgan fingerprint density at radius 3 is 2.50 bits per heavy atom. The summed E-state index contributed by atoms with van der Waals surface area (Å²) < 4.78 is 27.0. The Morgan fingerprint density at radius 2 is 1.95 bits per heavy atom. The lowest BCUT2D eigenvalue weighted by molar-refractivity contribution is 0.571. The molecule has 20 heavy (non-hydrogen) atoms. The molecule has 0 spiro atoms. The van der Waals surface area contributed by atoms with Crippen LogP contribution >= 0.6 is 11.8 Å². The molecule has 1 aromatic carbocycles. The van der Waals surface area contributed by atoms with Gasteiger partial charge in [0.1, 0.15) is 0 Å². The number of nitrogens with one attached hydrogen (secondary N) is 2. The quantitative estimate of drug-likeness (QED) is 0.770. The first kappa shape index (κ1) is 15.8. The molecule has 1 aromatic rings. The van der Waals surface area contributed by atoms with Gasteiger partial charge in [-0.3, -0.25) is 0 Å². The Morgan fingerprint density at radius 1 is 1.30 bits per heavy atom. The third-order valence-corrected chi connectivity index (χ3v) is 5.62. The zero-order valence-corrected chi connectivity index (χ0v) is 13.6. The zero-order chi connectivity index (χ0) is 14.6. The molecule has 1 unspecified atom stereocenters. The van der Waals surface area contributed by atoms with E-state index in [1.807, 2.05) is 25.3 Å². The highest BCUT2D eigenvalue weighted by Crippen LogP contribution is 2.19. The van der Waals surface area contributed by atoms with Crippen LogP contribution in [0.5, 0.6) is 0 Å². The van der Waals surface area contributed by atoms with Crippen molar-refractivity contribution < 1.29 is 8.42 Å². The van der Waals surface area contributed by atoms with Crippen molar-refractivity contribution in [2.24, 2.45) is 0 Å². The lowest BCUT2D eigenvalue weighted by Gasteiger charge is -2.13. The second kappa shape index (κ2) is 6.93. The van der Waals surface area contributed by atoms with Crippen LogP contribution in [0.4, 0.5) is 0 Å². The molecule has 112 valence electrons. The van der Waals surface area contributed by atoms with Gasteiger partial charge in [-0.15, -0.1) is 0 Å². The minimum absolute atomic E-state index is 0.0637. The van der Waals surface area contributed by atoms with Crippen LogP contribution in [0.15, 0.2) is 29.2 Å². The summed E-state index contributed by atoms with van der Waals surface area (Å²) in [5.74, 6) is 0.766. The topological polar surface area (TPSA) is 58.2 Å². The number of rotatable bonds is 8. The van der Waals surface area contributed by atoms with E-state index in [0.29, 0.717) is 10.9 Å². The van der Waals surface area contributed by atoms with Crippen molar-refractivity contribution in [1.29, 1.82) is 0 Å². The molecule has 1 atom stereocenters. The normalized spacial score (nSPS) is 17.1. The predicted octanol–water partition coefficient (Wildman–Crippen LogP) is 1.97. The van der Waals surface area contributed by atoms with Gasteiger partial charge in [0, 0.05) is 24.4 Å². The Hall–Kier alpha value is -0.560. The Balaban J connectivity index is 1.96. The molecule has 2 rings (SSSR count). The first-order valence-corrected chi connectivity index (χ1v) is 9.72. The molecular formula is C14H22N2O2S2. The molecular weight excluding hydrogens is 292 g/mol. The fourth-order valence-electron chi connectivity index (χ4n) is 1.95. The van der Waals surface area contributed by atoms with Crippen molar-refractivity contribution in [3.63, 3.8) is 0 Å². The van der Waals surface area contributed by atoms with Crippen LogP contribution in [-0.2, 0) is 16.6 Å². The third-order valence-electron chi connectivity index (χ3n) is 3.18. The molecule has 0 bridgehead atoms. The van der Waals surface area contributed by atoms with Gasteiger partial charge in [-0.25, -0.2) is 13.1 Å². The van der Waals surface area contributed by atoms with Crippen LogP contribution in [0.2, 0.25) is 0 Å². The fourth-order valence-corrected chi connectivity index (χ4v) is 3.89. The van der Waals surface area contributed by atoms with Crippen molar-refractivity contribution >= 4 is 21.8 Å². The molecule has 0 heterocycles. The maximum absolute atomic E-state index is 12.2. The van der Waals surface area contributed by atoms with E-state index in [2.05, 4.69) is 10.0 Å². The first-order chi connectivity index (χ1) is 9.51. The molecule has 0 saturated heterocycles. The van der Waals surface area contributed by atoms with Gasteiger partial charge in [0.2, 0.25) is 10.0 Å². The summed E-state index contributed by atoms with van der Waals surface area (Å²) in [4.78, 5) is 0.334. The van der Waals surface area contributed by atoms with E-state index < -0.39 is 10.0 Å². The molecule has 1 aliphatic rings. The third kappa shape index (κ3) is 4.77. The monoisotopic (exact) mass is 314 g/mol. The maximum Gasteiger partial charge on any atom is 0.240 e. The summed E-state index contributed by atoms with van der Waals surface area (Å²) in [6, 6.07) is 7.71. The highest BCUT2D eigenvalue weighted by Gasteiger charge is 2.20. The van der Waals surface area contributed by atoms with E-state index in [-0.39, 0.29) is 6.04 Å². The van der Waals surface area contributed by atoms with Gasteiger partial charge in [0.15, 0.2) is 0 Å². The number of sulfonamides is 1. The summed E-state index contributed by atoms with van der Waals surface area (Å²) in [6.07, 6.45) is 4.47. The Kier molecular flexibility index (Phi) is 5.49. The highest BCUT2D eigenvalue weighted by atomic mass is 32.2. The molecule has 0 aliphatic heterocycles. The van der Waals surface area contributed by atoms with Gasteiger partial charge in [0.25, 0.3) is 0 Å². The van der Waals surface area contributed by atoms with E-state index in [4.69, 9.17) is 0 Å². The Labute approximate surface area is 125 Å². The first-order valence-electron chi connectivity index (χ1n) is 6.85. The largest absolute Gasteiger partial charge is 0.310 e. The van der Waals surface area contributed by atoms with E-state index in [1.54, 1.807) is 23.9 Å². The SMILES string of the molecule is CSCC(C)NS(=O)(=O)c1ccc(CNC2CC2)cc1. The van der Waals surface area contributed by atoms with Gasteiger partial charge in [-0.2, -0.15) is 11.8 Å². The van der Waals surface area contributed by atoms with Gasteiger partial charge in [-0.1, -0.05) is 12.1 Å². The van der Waals surface area contributed by atoms with Crippen molar-refractivity contribution in [2.45, 2.75) is 43.3 Å². The summed E-state index contributed by atoms with van der Waals surface area (Å²) in [5.41, 5.74) is 1.12. The van der Waals surface area contributed by atoms with Crippen molar-refractivity contribution in [1.82, 2.24) is 10.0 Å². The second-order valence-electron chi connectivity index (χ2n) is 5.28. The van der Waals surface area contributed by atoms with Crippen LogP contribution in [0.25, 0.3) is 0 Å². The van der Waals surface area contributed by atoms with Crippen molar-refractivity contribution in [3.05, 3.63) is 29.8 Å². The summed E-state index contributed by atoms with van der Waals surface area (Å²) >= 11 is 1.63. The smallest absolute Gasteiger partial charge is 0.240 e. The highest BCUT2D eigenvalue weighted by molar-refractivity contribution is 7.98. The van der Waals surface area contributed by atoms with Gasteiger partial charge in [0.05, 0.1) is 4.90 Å². The van der Waals surface area contributed by atoms with Crippen LogP contribution in [0.3, 0.4) is 0 Å². The minimum atomic E-state index is -3.40.